The Hall–Kier alpha value is -3.79. The molecule has 0 spiro atoms. The smallest absolute Gasteiger partial charge is 0.387 e. The van der Waals surface area contributed by atoms with Gasteiger partial charge in [-0.2, -0.15) is 8.78 Å². The van der Waals surface area contributed by atoms with Gasteiger partial charge in [0.2, 0.25) is 5.91 Å². The number of fused-ring (bicyclic) bond motifs is 1. The molecular weight excluding hydrogens is 512 g/mol. The lowest BCUT2D eigenvalue weighted by Gasteiger charge is -2.14. The van der Waals surface area contributed by atoms with Gasteiger partial charge in [-0.1, -0.05) is 31.2 Å². The van der Waals surface area contributed by atoms with Gasteiger partial charge in [-0.15, -0.1) is 0 Å². The predicted molar refractivity (Wildman–Crippen MR) is 143 cm³/mol. The van der Waals surface area contributed by atoms with Crippen molar-refractivity contribution in [3.8, 4) is 5.75 Å². The van der Waals surface area contributed by atoms with Gasteiger partial charge in [0.05, 0.1) is 28.1 Å². The summed E-state index contributed by atoms with van der Waals surface area (Å²) in [5, 5.41) is 2.91. The van der Waals surface area contributed by atoms with Crippen LogP contribution in [0.1, 0.15) is 43.8 Å². The van der Waals surface area contributed by atoms with Gasteiger partial charge in [0.15, 0.2) is 9.84 Å². The number of aromatic nitrogens is 2. The molecule has 0 bridgehead atoms. The van der Waals surface area contributed by atoms with Crippen molar-refractivity contribution in [1.82, 2.24) is 9.55 Å². The number of alkyl halides is 2. The zero-order chi connectivity index (χ0) is 27.4. The fraction of sp³-hybridized carbons (Fsp3) is 0.286. The van der Waals surface area contributed by atoms with E-state index < -0.39 is 16.4 Å². The van der Waals surface area contributed by atoms with Gasteiger partial charge in [0, 0.05) is 18.2 Å². The van der Waals surface area contributed by atoms with Crippen LogP contribution in [0.15, 0.2) is 71.6 Å². The minimum Gasteiger partial charge on any atom is -0.435 e. The van der Waals surface area contributed by atoms with E-state index in [1.807, 2.05) is 26.0 Å². The maximum absolute atomic E-state index is 12.7. The molecule has 7 nitrogen and oxygen atoms in total. The average molecular weight is 542 g/mol. The number of rotatable bonds is 10. The van der Waals surface area contributed by atoms with Crippen LogP contribution in [-0.4, -0.2) is 36.2 Å². The second kappa shape index (κ2) is 11.3. The Morgan fingerprint density at radius 1 is 1.00 bits per heavy atom. The number of carbonyl (C=O) groups excluding carboxylic acids is 1. The van der Waals surface area contributed by atoms with Crippen molar-refractivity contribution in [3.05, 3.63) is 83.7 Å². The zero-order valence-corrected chi connectivity index (χ0v) is 22.1. The standard InChI is InChI=1S/C28H29F2N3O4S/c1-4-38(35,36)23-12-7-20(8-13-23)16-27(34)31-21-9-14-24-25(17-21)33(18(2)3)26(32-24)15-19-5-10-22(11-6-19)37-28(29)30/h5-14,17-18,28H,4,15-16H2,1-3H3,(H,31,34). The molecule has 38 heavy (non-hydrogen) atoms. The van der Waals surface area contributed by atoms with E-state index >= 15 is 0 Å². The molecule has 0 saturated carbocycles. The largest absolute Gasteiger partial charge is 0.435 e. The number of hydrogen-bond donors (Lipinski definition) is 1. The number of sulfone groups is 1. The van der Waals surface area contributed by atoms with Crippen molar-refractivity contribution in [3.63, 3.8) is 0 Å². The molecule has 0 aliphatic carbocycles. The van der Waals surface area contributed by atoms with Gasteiger partial charge >= 0.3 is 6.61 Å². The fourth-order valence-corrected chi connectivity index (χ4v) is 5.15. The van der Waals surface area contributed by atoms with Crippen molar-refractivity contribution >= 4 is 32.5 Å². The van der Waals surface area contributed by atoms with Crippen LogP contribution in [0, 0.1) is 0 Å². The van der Waals surface area contributed by atoms with Gasteiger partial charge in [0.1, 0.15) is 11.6 Å². The van der Waals surface area contributed by atoms with Gasteiger partial charge in [-0.3, -0.25) is 4.79 Å². The molecule has 0 atom stereocenters. The van der Waals surface area contributed by atoms with Crippen molar-refractivity contribution < 1.29 is 26.7 Å². The number of halogens is 2. The molecule has 0 saturated heterocycles. The first-order valence-corrected chi connectivity index (χ1v) is 13.9. The lowest BCUT2D eigenvalue weighted by atomic mass is 10.1. The van der Waals surface area contributed by atoms with Gasteiger partial charge < -0.3 is 14.6 Å². The van der Waals surface area contributed by atoms with Crippen LogP contribution in [0.25, 0.3) is 11.0 Å². The summed E-state index contributed by atoms with van der Waals surface area (Å²) in [4.78, 5) is 17.7. The number of nitrogens with one attached hydrogen (secondary N) is 1. The van der Waals surface area contributed by atoms with E-state index in [-0.39, 0.29) is 34.8 Å². The number of anilines is 1. The minimum atomic E-state index is -3.29. The fourth-order valence-electron chi connectivity index (χ4n) is 4.26. The van der Waals surface area contributed by atoms with Crippen molar-refractivity contribution in [2.45, 2.75) is 51.2 Å². The SMILES string of the molecule is CCS(=O)(=O)c1ccc(CC(=O)Nc2ccc3nc(Cc4ccc(OC(F)F)cc4)n(C(C)C)c3c2)cc1. The molecule has 0 fully saturated rings. The molecule has 4 rings (SSSR count). The summed E-state index contributed by atoms with van der Waals surface area (Å²) in [6.07, 6.45) is 0.595. The van der Waals surface area contributed by atoms with Gasteiger partial charge in [0.25, 0.3) is 0 Å². The van der Waals surface area contributed by atoms with Crippen LogP contribution in [0.4, 0.5) is 14.5 Å². The highest BCUT2D eigenvalue weighted by Crippen LogP contribution is 2.26. The third-order valence-corrected chi connectivity index (χ3v) is 7.85. The van der Waals surface area contributed by atoms with E-state index in [0.717, 1.165) is 22.4 Å². The van der Waals surface area contributed by atoms with Crippen molar-refractivity contribution in [2.24, 2.45) is 0 Å². The normalized spacial score (nSPS) is 11.9. The van der Waals surface area contributed by atoms with Crippen LogP contribution in [0.2, 0.25) is 0 Å². The van der Waals surface area contributed by atoms with Crippen LogP contribution in [0.5, 0.6) is 5.75 Å². The Balaban J connectivity index is 1.51. The molecule has 0 radical (unpaired) electrons. The average Bonchev–Trinajstić information content (AvgIpc) is 3.22. The summed E-state index contributed by atoms with van der Waals surface area (Å²) in [5.41, 5.74) is 3.86. The van der Waals surface area contributed by atoms with Gasteiger partial charge in [-0.05, 0) is 67.4 Å². The summed E-state index contributed by atoms with van der Waals surface area (Å²) in [7, 11) is -3.29. The molecule has 0 unspecified atom stereocenters. The highest BCUT2D eigenvalue weighted by Gasteiger charge is 2.16. The van der Waals surface area contributed by atoms with E-state index in [9.17, 15) is 22.0 Å². The number of hydrogen-bond acceptors (Lipinski definition) is 5. The van der Waals surface area contributed by atoms with Gasteiger partial charge in [-0.25, -0.2) is 13.4 Å². The minimum absolute atomic E-state index is 0.0204. The van der Waals surface area contributed by atoms with E-state index in [2.05, 4.69) is 14.6 Å². The maximum atomic E-state index is 12.7. The highest BCUT2D eigenvalue weighted by molar-refractivity contribution is 7.91. The molecule has 3 aromatic carbocycles. The van der Waals surface area contributed by atoms with E-state index in [1.54, 1.807) is 37.3 Å². The summed E-state index contributed by atoms with van der Waals surface area (Å²) in [5.74, 6) is 0.705. The van der Waals surface area contributed by atoms with Crippen molar-refractivity contribution in [2.75, 3.05) is 11.1 Å². The molecule has 4 aromatic rings. The maximum Gasteiger partial charge on any atom is 0.387 e. The van der Waals surface area contributed by atoms with E-state index in [4.69, 9.17) is 4.98 Å². The van der Waals surface area contributed by atoms with Crippen LogP contribution >= 0.6 is 0 Å². The lowest BCUT2D eigenvalue weighted by molar-refractivity contribution is -0.115. The Kier molecular flexibility index (Phi) is 8.11. The Labute approximate surface area is 220 Å². The summed E-state index contributed by atoms with van der Waals surface area (Å²) in [6, 6.07) is 18.4. The van der Waals surface area contributed by atoms with E-state index in [0.29, 0.717) is 17.7 Å². The quantitative estimate of drug-likeness (QED) is 0.275. The first-order valence-electron chi connectivity index (χ1n) is 12.2. The first kappa shape index (κ1) is 27.3. The molecular formula is C28H29F2N3O4S. The molecule has 10 heteroatoms. The topological polar surface area (TPSA) is 90.3 Å². The molecule has 0 aliphatic rings. The summed E-state index contributed by atoms with van der Waals surface area (Å²) < 4.78 is 55.4. The van der Waals surface area contributed by atoms with Crippen LogP contribution < -0.4 is 10.1 Å². The third-order valence-electron chi connectivity index (χ3n) is 6.10. The molecule has 200 valence electrons. The molecule has 0 aliphatic heterocycles. The number of benzene rings is 3. The second-order valence-corrected chi connectivity index (χ2v) is 11.4. The summed E-state index contributed by atoms with van der Waals surface area (Å²) in [6.45, 7) is 2.80. The molecule has 1 aromatic heterocycles. The monoisotopic (exact) mass is 541 g/mol. The zero-order valence-electron chi connectivity index (χ0n) is 21.3. The van der Waals surface area contributed by atoms with Crippen LogP contribution in [0.3, 0.4) is 0 Å². The predicted octanol–water partition coefficient (Wildman–Crippen LogP) is 5.78. The number of imidazole rings is 1. The Bertz CT molecular complexity index is 1530. The number of carbonyl (C=O) groups is 1. The number of nitrogens with zero attached hydrogens (tertiary/aromatic N) is 2. The lowest BCUT2D eigenvalue weighted by Crippen LogP contribution is -2.14. The Morgan fingerprint density at radius 3 is 2.26 bits per heavy atom. The highest BCUT2D eigenvalue weighted by atomic mass is 32.2. The Morgan fingerprint density at radius 2 is 1.66 bits per heavy atom. The van der Waals surface area contributed by atoms with Crippen molar-refractivity contribution in [1.29, 1.82) is 0 Å². The first-order chi connectivity index (χ1) is 18.1. The molecule has 1 N–H and O–H groups in total. The molecule has 1 amide bonds. The summed E-state index contributed by atoms with van der Waals surface area (Å²) >= 11 is 0. The third kappa shape index (κ3) is 6.36. The molecule has 1 heterocycles. The van der Waals surface area contributed by atoms with Crippen LogP contribution in [-0.2, 0) is 27.5 Å². The van der Waals surface area contributed by atoms with E-state index in [1.165, 1.54) is 24.3 Å². The second-order valence-electron chi connectivity index (χ2n) is 9.17. The number of amides is 1. The number of ether oxygens (including phenoxy) is 1.